The number of nitrogens with two attached hydrogens (primary N) is 1. The molecule has 2 N–H and O–H groups in total. The van der Waals surface area contributed by atoms with Gasteiger partial charge in [0.15, 0.2) is 0 Å². The Hall–Kier alpha value is -3.06. The number of methoxy groups -OCH3 is 1. The molecule has 0 radical (unpaired) electrons. The molecule has 2 aromatic carbocycles. The summed E-state index contributed by atoms with van der Waals surface area (Å²) < 4.78 is 9.97. The number of carbonyl (C=O) groups is 2. The highest BCUT2D eigenvalue weighted by Crippen LogP contribution is 2.19. The van der Waals surface area contributed by atoms with Crippen LogP contribution in [0.25, 0.3) is 0 Å². The second kappa shape index (κ2) is 12.6. The summed E-state index contributed by atoms with van der Waals surface area (Å²) in [5, 5.41) is 4.46. The van der Waals surface area contributed by atoms with E-state index in [9.17, 15) is 9.59 Å². The van der Waals surface area contributed by atoms with Crippen LogP contribution in [0.4, 0.5) is 0 Å². The van der Waals surface area contributed by atoms with Crippen molar-refractivity contribution < 1.29 is 23.9 Å². The molecule has 2 aromatic rings. The van der Waals surface area contributed by atoms with Gasteiger partial charge < -0.3 is 20.0 Å². The molecule has 0 amide bonds. The van der Waals surface area contributed by atoms with Gasteiger partial charge in [0.2, 0.25) is 6.61 Å². The Morgan fingerprint density at radius 2 is 1.71 bits per heavy atom. The largest absolute Gasteiger partial charge is 0.497 e. The van der Waals surface area contributed by atoms with Crippen molar-refractivity contribution in [2.75, 3.05) is 20.3 Å². The molecular formula is C23H27ClN2O5. The molecule has 2 rings (SSSR count). The lowest BCUT2D eigenvalue weighted by Crippen LogP contribution is -2.29. The molecule has 0 aliphatic carbocycles. The summed E-state index contributed by atoms with van der Waals surface area (Å²) in [6.45, 7) is 1.61. The van der Waals surface area contributed by atoms with Crippen molar-refractivity contribution in [3.05, 3.63) is 64.7 Å². The normalized spacial score (nSPS) is 12.2. The van der Waals surface area contributed by atoms with Crippen LogP contribution in [0.1, 0.15) is 24.5 Å². The predicted octanol–water partition coefficient (Wildman–Crippen LogP) is 3.56. The smallest absolute Gasteiger partial charge is 0.347 e. The number of rotatable bonds is 12. The van der Waals surface area contributed by atoms with Gasteiger partial charge in [-0.05, 0) is 48.7 Å². The number of nitrogens with zero attached hydrogens (tertiary/aromatic N) is 1. The van der Waals surface area contributed by atoms with Crippen LogP contribution in [0, 0.1) is 5.92 Å². The van der Waals surface area contributed by atoms with Crippen molar-refractivity contribution in [1.29, 1.82) is 0 Å². The van der Waals surface area contributed by atoms with Crippen LogP contribution in [-0.4, -0.2) is 37.9 Å². The van der Waals surface area contributed by atoms with E-state index in [-0.39, 0.29) is 37.7 Å². The van der Waals surface area contributed by atoms with Gasteiger partial charge in [-0.2, -0.15) is 0 Å². The third-order valence-corrected chi connectivity index (χ3v) is 4.76. The van der Waals surface area contributed by atoms with Crippen molar-refractivity contribution in [2.45, 2.75) is 26.2 Å². The summed E-state index contributed by atoms with van der Waals surface area (Å²) in [5.74, 6) is -0.0487. The van der Waals surface area contributed by atoms with E-state index in [4.69, 9.17) is 31.6 Å². The molecule has 0 saturated carbocycles. The molecule has 0 fully saturated rings. The van der Waals surface area contributed by atoms with Crippen molar-refractivity contribution in [3.8, 4) is 5.75 Å². The van der Waals surface area contributed by atoms with Crippen molar-refractivity contribution in [1.82, 2.24) is 0 Å². The number of benzene rings is 2. The number of oxime groups is 1. The van der Waals surface area contributed by atoms with Gasteiger partial charge >= 0.3 is 5.97 Å². The number of halogens is 1. The first-order valence-corrected chi connectivity index (χ1v) is 10.3. The molecule has 7 nitrogen and oxygen atoms in total. The van der Waals surface area contributed by atoms with Crippen LogP contribution in [0.15, 0.2) is 53.7 Å². The van der Waals surface area contributed by atoms with E-state index in [2.05, 4.69) is 5.16 Å². The molecule has 166 valence electrons. The lowest BCUT2D eigenvalue weighted by atomic mass is 9.91. The number of hydrogen-bond donors (Lipinski definition) is 1. The Kier molecular flexibility index (Phi) is 9.84. The topological polar surface area (TPSA) is 100 Å². The zero-order valence-corrected chi connectivity index (χ0v) is 18.4. The summed E-state index contributed by atoms with van der Waals surface area (Å²) >= 11 is 5.90. The summed E-state index contributed by atoms with van der Waals surface area (Å²) in [4.78, 5) is 29.1. The maximum Gasteiger partial charge on any atom is 0.347 e. The highest BCUT2D eigenvalue weighted by atomic mass is 35.5. The van der Waals surface area contributed by atoms with Gasteiger partial charge in [0.25, 0.3) is 0 Å². The average Bonchev–Trinajstić information content (AvgIpc) is 2.75. The molecule has 0 aliphatic heterocycles. The molecule has 8 heteroatoms. The lowest BCUT2D eigenvalue weighted by Gasteiger charge is -2.16. The fraction of sp³-hybridized carbons (Fsp3) is 0.348. The number of hydrogen-bond acceptors (Lipinski definition) is 6. The van der Waals surface area contributed by atoms with E-state index in [0.29, 0.717) is 11.4 Å². The van der Waals surface area contributed by atoms with E-state index in [1.807, 2.05) is 36.4 Å². The van der Waals surface area contributed by atoms with Gasteiger partial charge in [-0.3, -0.25) is 4.79 Å². The fourth-order valence-corrected chi connectivity index (χ4v) is 3.07. The van der Waals surface area contributed by atoms with Crippen LogP contribution in [0.3, 0.4) is 0 Å². The van der Waals surface area contributed by atoms with Gasteiger partial charge in [-0.1, -0.05) is 41.0 Å². The Morgan fingerprint density at radius 1 is 1.06 bits per heavy atom. The molecule has 1 atom stereocenters. The highest BCUT2D eigenvalue weighted by molar-refractivity contribution is 6.30. The fourth-order valence-electron chi connectivity index (χ4n) is 2.94. The molecular weight excluding hydrogens is 420 g/mol. The first-order chi connectivity index (χ1) is 14.9. The van der Waals surface area contributed by atoms with Crippen molar-refractivity contribution >= 4 is 29.2 Å². The van der Waals surface area contributed by atoms with E-state index in [1.54, 1.807) is 26.2 Å². The van der Waals surface area contributed by atoms with E-state index >= 15 is 0 Å². The molecule has 31 heavy (non-hydrogen) atoms. The van der Waals surface area contributed by atoms with Gasteiger partial charge in [0, 0.05) is 23.8 Å². The van der Waals surface area contributed by atoms with Crippen LogP contribution in [0.2, 0.25) is 5.02 Å². The summed E-state index contributed by atoms with van der Waals surface area (Å²) in [7, 11) is 1.60. The zero-order chi connectivity index (χ0) is 22.6. The van der Waals surface area contributed by atoms with Gasteiger partial charge in [-0.15, -0.1) is 0 Å². The van der Waals surface area contributed by atoms with E-state index in [1.165, 1.54) is 0 Å². The quantitative estimate of drug-likeness (QED) is 0.231. The minimum Gasteiger partial charge on any atom is -0.497 e. The van der Waals surface area contributed by atoms with Crippen LogP contribution < -0.4 is 10.5 Å². The summed E-state index contributed by atoms with van der Waals surface area (Å²) in [6.07, 6.45) is 0.911. The highest BCUT2D eigenvalue weighted by Gasteiger charge is 2.20. The minimum absolute atomic E-state index is 0.00405. The number of esters is 1. The molecule has 0 saturated heterocycles. The number of ether oxygens (including phenoxy) is 2. The number of amidine groups is 1. The third kappa shape index (κ3) is 8.68. The second-order valence-electron chi connectivity index (χ2n) is 6.89. The monoisotopic (exact) mass is 446 g/mol. The van der Waals surface area contributed by atoms with Gasteiger partial charge in [0.05, 0.1) is 13.7 Å². The maximum absolute atomic E-state index is 12.7. The number of Topliss-reactive ketones (excluding diaryl/α,β-unsaturated/α-hetero) is 1. The first-order valence-electron chi connectivity index (χ1n) is 9.91. The van der Waals surface area contributed by atoms with Gasteiger partial charge in [-0.25, -0.2) is 4.79 Å². The Balaban J connectivity index is 2.08. The van der Waals surface area contributed by atoms with Crippen molar-refractivity contribution in [3.63, 3.8) is 0 Å². The second-order valence-corrected chi connectivity index (χ2v) is 7.33. The Labute approximate surface area is 187 Å². The zero-order valence-electron chi connectivity index (χ0n) is 17.7. The van der Waals surface area contributed by atoms with Gasteiger partial charge in [0.1, 0.15) is 17.4 Å². The Bertz CT molecular complexity index is 882. The standard InChI is InChI=1S/C23H27ClN2O5/c1-3-30-22(28)15-31-26-23(25)18(12-16-6-10-21(29-2)11-7-16)14-20(27)13-17-4-8-19(24)9-5-17/h4-11,18H,3,12-15H2,1-2H3,(H2,25,26)/t18-/m1/s1. The molecule has 0 bridgehead atoms. The SMILES string of the molecule is CCOC(=O)CO/N=C(\N)[C@@H](CC(=O)Cc1ccc(Cl)cc1)Cc1ccc(OC)cc1. The van der Waals surface area contributed by atoms with E-state index < -0.39 is 11.9 Å². The summed E-state index contributed by atoms with van der Waals surface area (Å²) in [6, 6.07) is 14.6. The molecule has 0 spiro atoms. The maximum atomic E-state index is 12.7. The lowest BCUT2D eigenvalue weighted by molar-refractivity contribution is -0.148. The van der Waals surface area contributed by atoms with Crippen molar-refractivity contribution in [2.24, 2.45) is 16.8 Å². The number of ketones is 1. The summed E-state index contributed by atoms with van der Waals surface area (Å²) in [5.41, 5.74) is 7.96. The molecule has 0 aliphatic rings. The van der Waals surface area contributed by atoms with Crippen LogP contribution in [-0.2, 0) is 32.0 Å². The minimum atomic E-state index is -0.537. The number of carbonyl (C=O) groups excluding carboxylic acids is 2. The van der Waals surface area contributed by atoms with E-state index in [0.717, 1.165) is 16.9 Å². The third-order valence-electron chi connectivity index (χ3n) is 4.51. The predicted molar refractivity (Wildman–Crippen MR) is 119 cm³/mol. The average molecular weight is 447 g/mol. The molecule has 0 unspecified atom stereocenters. The van der Waals surface area contributed by atoms with Crippen LogP contribution >= 0.6 is 11.6 Å². The van der Waals surface area contributed by atoms with Crippen LogP contribution in [0.5, 0.6) is 5.75 Å². The Morgan fingerprint density at radius 3 is 2.32 bits per heavy atom. The first kappa shape index (κ1) is 24.2. The molecule has 0 aromatic heterocycles. The molecule has 0 heterocycles.